The van der Waals surface area contributed by atoms with Gasteiger partial charge in [0.2, 0.25) is 5.91 Å². The predicted molar refractivity (Wildman–Crippen MR) is 69.5 cm³/mol. The van der Waals surface area contributed by atoms with Gasteiger partial charge in [-0.2, -0.15) is 5.10 Å². The molecule has 2 heterocycles. The van der Waals surface area contributed by atoms with Crippen LogP contribution >= 0.6 is 15.9 Å². The Bertz CT molecular complexity index is 441. The van der Waals surface area contributed by atoms with Gasteiger partial charge in [0, 0.05) is 20.0 Å². The number of hydrogen-bond donors (Lipinski definition) is 0. The number of halogens is 1. The molecule has 94 valence electrons. The van der Waals surface area contributed by atoms with Crippen LogP contribution in [0.4, 0.5) is 0 Å². The predicted octanol–water partition coefficient (Wildman–Crippen LogP) is 2.11. The zero-order valence-electron chi connectivity index (χ0n) is 10.5. The second-order valence-electron chi connectivity index (χ2n) is 4.77. The second kappa shape index (κ2) is 4.80. The Morgan fingerprint density at radius 2 is 2.24 bits per heavy atom. The van der Waals surface area contributed by atoms with Crippen molar-refractivity contribution >= 4 is 21.8 Å². The van der Waals surface area contributed by atoms with E-state index in [0.717, 1.165) is 28.8 Å². The van der Waals surface area contributed by atoms with E-state index in [4.69, 9.17) is 0 Å². The summed E-state index contributed by atoms with van der Waals surface area (Å²) in [4.78, 5) is 13.7. The molecule has 0 saturated carbocycles. The highest BCUT2D eigenvalue weighted by atomic mass is 79.9. The van der Waals surface area contributed by atoms with Gasteiger partial charge in [-0.25, -0.2) is 0 Å². The van der Waals surface area contributed by atoms with Crippen molar-refractivity contribution in [2.45, 2.75) is 33.2 Å². The highest BCUT2D eigenvalue weighted by Gasteiger charge is 2.28. The third kappa shape index (κ3) is 2.39. The van der Waals surface area contributed by atoms with Gasteiger partial charge in [-0.3, -0.25) is 9.48 Å². The normalized spacial score (nSPS) is 20.4. The molecule has 1 aliphatic rings. The first-order chi connectivity index (χ1) is 8.02. The van der Waals surface area contributed by atoms with Crippen molar-refractivity contribution in [3.8, 4) is 0 Å². The molecule has 1 fully saturated rings. The fraction of sp³-hybridized carbons (Fsp3) is 0.667. The molecule has 1 aliphatic heterocycles. The average molecular weight is 300 g/mol. The Kier molecular flexibility index (Phi) is 3.56. The highest BCUT2D eigenvalue weighted by molar-refractivity contribution is 9.10. The zero-order chi connectivity index (χ0) is 12.6. The zero-order valence-corrected chi connectivity index (χ0v) is 12.1. The van der Waals surface area contributed by atoms with Crippen LogP contribution in [0.15, 0.2) is 4.47 Å². The monoisotopic (exact) mass is 299 g/mol. The number of hydrogen-bond acceptors (Lipinski definition) is 2. The molecule has 0 N–H and O–H groups in total. The third-order valence-electron chi connectivity index (χ3n) is 3.25. The Morgan fingerprint density at radius 1 is 1.53 bits per heavy atom. The van der Waals surface area contributed by atoms with Crippen molar-refractivity contribution < 1.29 is 4.79 Å². The quantitative estimate of drug-likeness (QED) is 0.857. The molecular formula is C12H18BrN3O. The summed E-state index contributed by atoms with van der Waals surface area (Å²) in [6, 6.07) is 0. The smallest absolute Gasteiger partial charge is 0.223 e. The number of nitrogens with zero attached hydrogens (tertiary/aromatic N) is 3. The molecule has 1 aromatic rings. The minimum Gasteiger partial charge on any atom is -0.336 e. The van der Waals surface area contributed by atoms with E-state index in [1.807, 2.05) is 16.6 Å². The number of amides is 1. The van der Waals surface area contributed by atoms with Crippen molar-refractivity contribution in [3.05, 3.63) is 15.9 Å². The molecule has 0 radical (unpaired) electrons. The number of carbonyl (C=O) groups is 1. The molecule has 1 atom stereocenters. The van der Waals surface area contributed by atoms with Gasteiger partial charge >= 0.3 is 0 Å². The van der Waals surface area contributed by atoms with Crippen molar-refractivity contribution in [1.82, 2.24) is 14.7 Å². The van der Waals surface area contributed by atoms with Crippen LogP contribution in [0.1, 0.15) is 31.7 Å². The maximum Gasteiger partial charge on any atom is 0.223 e. The lowest BCUT2D eigenvalue weighted by Gasteiger charge is -2.16. The highest BCUT2D eigenvalue weighted by Crippen LogP contribution is 2.25. The first-order valence-electron chi connectivity index (χ1n) is 6.01. The van der Waals surface area contributed by atoms with Gasteiger partial charge < -0.3 is 4.90 Å². The Hall–Kier alpha value is -0.840. The first kappa shape index (κ1) is 12.6. The fourth-order valence-electron chi connectivity index (χ4n) is 2.29. The number of aromatic nitrogens is 2. The minimum absolute atomic E-state index is 0.253. The van der Waals surface area contributed by atoms with Crippen LogP contribution in [0.5, 0.6) is 0 Å². The van der Waals surface area contributed by atoms with Crippen LogP contribution in [-0.4, -0.2) is 27.1 Å². The number of aryl methyl sites for hydroxylation is 2. The molecule has 0 bridgehead atoms. The van der Waals surface area contributed by atoms with Gasteiger partial charge in [0.15, 0.2) is 0 Å². The van der Waals surface area contributed by atoms with E-state index in [2.05, 4.69) is 34.9 Å². The summed E-state index contributed by atoms with van der Waals surface area (Å²) >= 11 is 3.58. The SMILES string of the molecule is CCc1nn(C)c(CN2CC(C)CC2=O)c1Br. The van der Waals surface area contributed by atoms with Crippen LogP contribution in [0.3, 0.4) is 0 Å². The fourth-order valence-corrected chi connectivity index (χ4v) is 3.04. The van der Waals surface area contributed by atoms with E-state index < -0.39 is 0 Å². The van der Waals surface area contributed by atoms with Crippen LogP contribution in [-0.2, 0) is 24.8 Å². The molecule has 2 rings (SSSR count). The molecule has 0 aliphatic carbocycles. The number of carbonyl (C=O) groups excluding carboxylic acids is 1. The molecule has 17 heavy (non-hydrogen) atoms. The molecule has 0 spiro atoms. The van der Waals surface area contributed by atoms with E-state index in [-0.39, 0.29) is 5.91 Å². The standard InChI is InChI=1S/C12H18BrN3O/c1-4-9-12(13)10(15(3)14-9)7-16-6-8(2)5-11(16)17/h8H,4-7H2,1-3H3. The van der Waals surface area contributed by atoms with E-state index in [9.17, 15) is 4.79 Å². The Balaban J connectivity index is 2.19. The minimum atomic E-state index is 0.253. The lowest BCUT2D eigenvalue weighted by Crippen LogP contribution is -2.25. The molecule has 5 heteroatoms. The van der Waals surface area contributed by atoms with Gasteiger partial charge in [-0.05, 0) is 28.3 Å². The summed E-state index contributed by atoms with van der Waals surface area (Å²) in [7, 11) is 1.93. The summed E-state index contributed by atoms with van der Waals surface area (Å²) in [6.07, 6.45) is 1.58. The maximum atomic E-state index is 11.8. The van der Waals surface area contributed by atoms with Crippen molar-refractivity contribution in [2.24, 2.45) is 13.0 Å². The summed E-state index contributed by atoms with van der Waals surface area (Å²) in [6.45, 7) is 5.72. The molecule has 1 aromatic heterocycles. The largest absolute Gasteiger partial charge is 0.336 e. The van der Waals surface area contributed by atoms with Gasteiger partial charge in [-0.1, -0.05) is 13.8 Å². The molecule has 1 saturated heterocycles. The Labute approximate surface area is 110 Å². The summed E-state index contributed by atoms with van der Waals surface area (Å²) < 4.78 is 2.92. The molecule has 0 aromatic carbocycles. The summed E-state index contributed by atoms with van der Waals surface area (Å²) in [5.41, 5.74) is 2.14. The van der Waals surface area contributed by atoms with E-state index in [0.29, 0.717) is 18.9 Å². The molecule has 4 nitrogen and oxygen atoms in total. The molecular weight excluding hydrogens is 282 g/mol. The van der Waals surface area contributed by atoms with Crippen molar-refractivity contribution in [2.75, 3.05) is 6.54 Å². The van der Waals surface area contributed by atoms with Crippen LogP contribution in [0.2, 0.25) is 0 Å². The third-order valence-corrected chi connectivity index (χ3v) is 4.17. The topological polar surface area (TPSA) is 38.1 Å². The van der Waals surface area contributed by atoms with Crippen LogP contribution < -0.4 is 0 Å². The first-order valence-corrected chi connectivity index (χ1v) is 6.80. The van der Waals surface area contributed by atoms with Gasteiger partial charge in [0.05, 0.1) is 22.4 Å². The summed E-state index contributed by atoms with van der Waals surface area (Å²) in [5, 5.41) is 4.45. The molecule has 1 amide bonds. The number of likely N-dealkylation sites (tertiary alicyclic amines) is 1. The van der Waals surface area contributed by atoms with E-state index in [1.54, 1.807) is 0 Å². The second-order valence-corrected chi connectivity index (χ2v) is 5.56. The summed E-state index contributed by atoms with van der Waals surface area (Å²) in [5.74, 6) is 0.726. The lowest BCUT2D eigenvalue weighted by molar-refractivity contribution is -0.128. The van der Waals surface area contributed by atoms with E-state index >= 15 is 0 Å². The number of rotatable bonds is 3. The van der Waals surface area contributed by atoms with Crippen LogP contribution in [0, 0.1) is 5.92 Å². The van der Waals surface area contributed by atoms with E-state index in [1.165, 1.54) is 0 Å². The molecule has 1 unspecified atom stereocenters. The average Bonchev–Trinajstić information content (AvgIpc) is 2.72. The lowest BCUT2D eigenvalue weighted by atomic mass is 10.2. The van der Waals surface area contributed by atoms with Crippen molar-refractivity contribution in [3.63, 3.8) is 0 Å². The van der Waals surface area contributed by atoms with Crippen molar-refractivity contribution in [1.29, 1.82) is 0 Å². The van der Waals surface area contributed by atoms with Gasteiger partial charge in [-0.15, -0.1) is 0 Å². The Morgan fingerprint density at radius 3 is 2.71 bits per heavy atom. The maximum absolute atomic E-state index is 11.8. The van der Waals surface area contributed by atoms with Gasteiger partial charge in [0.1, 0.15) is 0 Å². The van der Waals surface area contributed by atoms with Gasteiger partial charge in [0.25, 0.3) is 0 Å². The van der Waals surface area contributed by atoms with Crippen LogP contribution in [0.25, 0.3) is 0 Å².